The van der Waals surface area contributed by atoms with Gasteiger partial charge >= 0.3 is 6.18 Å². The van der Waals surface area contributed by atoms with Gasteiger partial charge in [0, 0.05) is 26.7 Å². The molecule has 0 spiro atoms. The van der Waals surface area contributed by atoms with Crippen LogP contribution in [-0.4, -0.2) is 32.8 Å². The van der Waals surface area contributed by atoms with Gasteiger partial charge in [-0.05, 0) is 24.6 Å². The molecule has 0 heterocycles. The van der Waals surface area contributed by atoms with Gasteiger partial charge in [-0.1, -0.05) is 12.1 Å². The Bertz CT molecular complexity index is 458. The van der Waals surface area contributed by atoms with E-state index >= 15 is 0 Å². The molecule has 1 unspecified atom stereocenters. The maximum atomic E-state index is 12.4. The van der Waals surface area contributed by atoms with Gasteiger partial charge < -0.3 is 15.4 Å². The number of alkyl halides is 3. The minimum atomic E-state index is -4.31. The van der Waals surface area contributed by atoms with Gasteiger partial charge in [0.05, 0.1) is 12.2 Å². The van der Waals surface area contributed by atoms with Crippen molar-refractivity contribution in [3.05, 3.63) is 35.4 Å². The molecule has 0 saturated heterocycles. The molecule has 0 saturated carbocycles. The number of hydrogen-bond acceptors (Lipinski definition) is 2. The fourth-order valence-corrected chi connectivity index (χ4v) is 1.72. The van der Waals surface area contributed by atoms with E-state index in [0.29, 0.717) is 19.1 Å². The zero-order valence-electron chi connectivity index (χ0n) is 12.3. The summed E-state index contributed by atoms with van der Waals surface area (Å²) in [6, 6.07) is 5.11. The lowest BCUT2D eigenvalue weighted by atomic mass is 10.1. The van der Waals surface area contributed by atoms with Crippen molar-refractivity contribution in [2.45, 2.75) is 25.7 Å². The number of methoxy groups -OCH3 is 1. The standard InChI is InChI=1S/C14H20F3N3O/c1-10(9-21-3)20-13(18-2)19-8-11-4-6-12(7-5-11)14(15,16)17/h4-7,10H,8-9H2,1-3H3,(H2,18,19,20). The molecular formula is C14H20F3N3O. The molecule has 2 N–H and O–H groups in total. The van der Waals surface area contributed by atoms with Gasteiger partial charge in [-0.2, -0.15) is 13.2 Å². The predicted octanol–water partition coefficient (Wildman–Crippen LogP) is 2.41. The number of guanidine groups is 1. The lowest BCUT2D eigenvalue weighted by Gasteiger charge is -2.17. The number of hydrogen-bond donors (Lipinski definition) is 2. The lowest BCUT2D eigenvalue weighted by molar-refractivity contribution is -0.137. The maximum absolute atomic E-state index is 12.4. The summed E-state index contributed by atoms with van der Waals surface area (Å²) in [5, 5.41) is 6.14. The van der Waals surface area contributed by atoms with Gasteiger partial charge in [-0.3, -0.25) is 4.99 Å². The van der Waals surface area contributed by atoms with Gasteiger partial charge in [-0.25, -0.2) is 0 Å². The average Bonchev–Trinajstić information content (AvgIpc) is 2.43. The topological polar surface area (TPSA) is 45.7 Å². The molecule has 1 rings (SSSR count). The van der Waals surface area contributed by atoms with E-state index in [9.17, 15) is 13.2 Å². The van der Waals surface area contributed by atoms with Crippen molar-refractivity contribution in [3.8, 4) is 0 Å². The molecule has 0 aliphatic heterocycles. The van der Waals surface area contributed by atoms with E-state index < -0.39 is 11.7 Å². The quantitative estimate of drug-likeness (QED) is 0.648. The first-order valence-corrected chi connectivity index (χ1v) is 6.49. The molecule has 0 aliphatic carbocycles. The van der Waals surface area contributed by atoms with E-state index in [4.69, 9.17) is 4.74 Å². The van der Waals surface area contributed by atoms with Crippen LogP contribution in [0.2, 0.25) is 0 Å². The summed E-state index contributed by atoms with van der Waals surface area (Å²) >= 11 is 0. The van der Waals surface area contributed by atoms with Crippen LogP contribution in [0.15, 0.2) is 29.3 Å². The second-order valence-electron chi connectivity index (χ2n) is 4.62. The van der Waals surface area contributed by atoms with Crippen molar-refractivity contribution in [2.24, 2.45) is 4.99 Å². The van der Waals surface area contributed by atoms with Gasteiger partial charge in [0.1, 0.15) is 0 Å². The molecule has 0 radical (unpaired) electrons. The molecule has 0 aliphatic rings. The number of benzene rings is 1. The second kappa shape index (κ2) is 7.87. The molecule has 0 aromatic heterocycles. The number of halogens is 3. The highest BCUT2D eigenvalue weighted by Gasteiger charge is 2.29. The van der Waals surface area contributed by atoms with E-state index in [0.717, 1.165) is 17.7 Å². The van der Waals surface area contributed by atoms with Crippen LogP contribution in [0.25, 0.3) is 0 Å². The summed E-state index contributed by atoms with van der Waals surface area (Å²) in [6.45, 7) is 2.85. The van der Waals surface area contributed by atoms with E-state index in [1.165, 1.54) is 12.1 Å². The van der Waals surface area contributed by atoms with E-state index in [1.54, 1.807) is 14.2 Å². The minimum Gasteiger partial charge on any atom is -0.383 e. The smallest absolute Gasteiger partial charge is 0.383 e. The van der Waals surface area contributed by atoms with Crippen LogP contribution in [0.1, 0.15) is 18.1 Å². The Kier molecular flexibility index (Phi) is 6.48. The fraction of sp³-hybridized carbons (Fsp3) is 0.500. The molecule has 0 bridgehead atoms. The number of ether oxygens (including phenoxy) is 1. The molecule has 4 nitrogen and oxygen atoms in total. The van der Waals surface area contributed by atoms with Crippen LogP contribution in [0, 0.1) is 0 Å². The largest absolute Gasteiger partial charge is 0.416 e. The summed E-state index contributed by atoms with van der Waals surface area (Å²) in [4.78, 5) is 4.04. The summed E-state index contributed by atoms with van der Waals surface area (Å²) in [6.07, 6.45) is -4.31. The Morgan fingerprint density at radius 3 is 2.38 bits per heavy atom. The first kappa shape index (κ1) is 17.3. The Morgan fingerprint density at radius 1 is 1.29 bits per heavy atom. The summed E-state index contributed by atoms with van der Waals surface area (Å²) in [7, 11) is 3.23. The number of aliphatic imine (C=N–C) groups is 1. The first-order chi connectivity index (χ1) is 9.86. The third-order valence-corrected chi connectivity index (χ3v) is 2.76. The Labute approximate surface area is 122 Å². The third kappa shape index (κ3) is 6.03. The van der Waals surface area contributed by atoms with Crippen molar-refractivity contribution in [3.63, 3.8) is 0 Å². The highest BCUT2D eigenvalue weighted by molar-refractivity contribution is 5.79. The van der Waals surface area contributed by atoms with Crippen LogP contribution < -0.4 is 10.6 Å². The van der Waals surface area contributed by atoms with Crippen molar-refractivity contribution in [2.75, 3.05) is 20.8 Å². The molecular weight excluding hydrogens is 283 g/mol. The van der Waals surface area contributed by atoms with Crippen molar-refractivity contribution < 1.29 is 17.9 Å². The average molecular weight is 303 g/mol. The van der Waals surface area contributed by atoms with E-state index in [1.807, 2.05) is 6.92 Å². The third-order valence-electron chi connectivity index (χ3n) is 2.76. The monoisotopic (exact) mass is 303 g/mol. The summed E-state index contributed by atoms with van der Waals surface area (Å²) < 4.78 is 42.3. The molecule has 1 aromatic rings. The summed E-state index contributed by atoms with van der Waals surface area (Å²) in [5.41, 5.74) is 0.0906. The Hall–Kier alpha value is -1.76. The number of nitrogens with zero attached hydrogens (tertiary/aromatic N) is 1. The molecule has 0 amide bonds. The normalized spacial score (nSPS) is 13.9. The molecule has 118 valence electrons. The molecule has 1 atom stereocenters. The number of rotatable bonds is 5. The SMILES string of the molecule is CN=C(NCc1ccc(C(F)(F)F)cc1)NC(C)COC. The van der Waals surface area contributed by atoms with Crippen molar-refractivity contribution >= 4 is 5.96 Å². The zero-order chi connectivity index (χ0) is 15.9. The van der Waals surface area contributed by atoms with Gasteiger partial charge in [0.2, 0.25) is 0 Å². The fourth-order valence-electron chi connectivity index (χ4n) is 1.72. The molecule has 7 heteroatoms. The first-order valence-electron chi connectivity index (χ1n) is 6.49. The second-order valence-corrected chi connectivity index (χ2v) is 4.62. The van der Waals surface area contributed by atoms with Gasteiger partial charge in [-0.15, -0.1) is 0 Å². The van der Waals surface area contributed by atoms with Crippen molar-refractivity contribution in [1.82, 2.24) is 10.6 Å². The molecule has 0 fully saturated rings. The van der Waals surface area contributed by atoms with Crippen molar-refractivity contribution in [1.29, 1.82) is 0 Å². The number of nitrogens with one attached hydrogen (secondary N) is 2. The molecule has 1 aromatic carbocycles. The highest BCUT2D eigenvalue weighted by atomic mass is 19.4. The highest BCUT2D eigenvalue weighted by Crippen LogP contribution is 2.28. The predicted molar refractivity (Wildman–Crippen MR) is 76.1 cm³/mol. The van der Waals surface area contributed by atoms with Crippen LogP contribution in [-0.2, 0) is 17.5 Å². The van der Waals surface area contributed by atoms with Crippen LogP contribution in [0.3, 0.4) is 0 Å². The maximum Gasteiger partial charge on any atom is 0.416 e. The van der Waals surface area contributed by atoms with Crippen LogP contribution >= 0.6 is 0 Å². The van der Waals surface area contributed by atoms with E-state index in [2.05, 4.69) is 15.6 Å². The lowest BCUT2D eigenvalue weighted by Crippen LogP contribution is -2.43. The van der Waals surface area contributed by atoms with E-state index in [-0.39, 0.29) is 6.04 Å². The molecule has 21 heavy (non-hydrogen) atoms. The Morgan fingerprint density at radius 2 is 1.90 bits per heavy atom. The minimum absolute atomic E-state index is 0.0776. The summed E-state index contributed by atoms with van der Waals surface area (Å²) in [5.74, 6) is 0.569. The Balaban J connectivity index is 2.54. The zero-order valence-corrected chi connectivity index (χ0v) is 12.3. The van der Waals surface area contributed by atoms with Crippen LogP contribution in [0.4, 0.5) is 13.2 Å². The van der Waals surface area contributed by atoms with Gasteiger partial charge in [0.15, 0.2) is 5.96 Å². The van der Waals surface area contributed by atoms with Gasteiger partial charge in [0.25, 0.3) is 0 Å². The van der Waals surface area contributed by atoms with Crippen LogP contribution in [0.5, 0.6) is 0 Å².